The number of amides is 1. The Morgan fingerprint density at radius 3 is 2.67 bits per heavy atom. The molecule has 5 nitrogen and oxygen atoms in total. The minimum absolute atomic E-state index is 0.0472. The number of hydrogen-bond acceptors (Lipinski definition) is 3. The number of imidazole rings is 1. The first-order valence-electron chi connectivity index (χ1n) is 5.58. The molecular weight excluding hydrogens is 230 g/mol. The Hall–Kier alpha value is -2.30. The number of ether oxygens (including phenoxy) is 1. The van der Waals surface area contributed by atoms with Crippen molar-refractivity contribution in [3.63, 3.8) is 0 Å². The standard InChI is InChI=1S/C13H15N3O2/c1-16(9-12-14-7-8-15-12)13(17)10-3-5-11(18-2)6-4-10/h3-8H,9H2,1-2H3,(H,14,15). The number of benzene rings is 1. The predicted molar refractivity (Wildman–Crippen MR) is 67.4 cm³/mol. The maximum absolute atomic E-state index is 12.1. The lowest BCUT2D eigenvalue weighted by Gasteiger charge is -2.15. The van der Waals surface area contributed by atoms with E-state index in [1.165, 1.54) is 0 Å². The van der Waals surface area contributed by atoms with E-state index in [1.807, 2.05) is 0 Å². The van der Waals surface area contributed by atoms with Gasteiger partial charge in [0.2, 0.25) is 0 Å². The molecule has 1 aromatic heterocycles. The van der Waals surface area contributed by atoms with E-state index in [0.717, 1.165) is 11.6 Å². The van der Waals surface area contributed by atoms with Crippen LogP contribution in [-0.2, 0) is 6.54 Å². The van der Waals surface area contributed by atoms with E-state index in [0.29, 0.717) is 12.1 Å². The number of hydrogen-bond donors (Lipinski definition) is 1. The summed E-state index contributed by atoms with van der Waals surface area (Å²) in [6.07, 6.45) is 3.40. The number of H-pyrrole nitrogens is 1. The molecule has 0 saturated heterocycles. The maximum Gasteiger partial charge on any atom is 0.254 e. The van der Waals surface area contributed by atoms with E-state index >= 15 is 0 Å². The molecule has 0 bridgehead atoms. The van der Waals surface area contributed by atoms with Crippen LogP contribution in [-0.4, -0.2) is 34.9 Å². The van der Waals surface area contributed by atoms with Crippen molar-refractivity contribution >= 4 is 5.91 Å². The molecular formula is C13H15N3O2. The highest BCUT2D eigenvalue weighted by Crippen LogP contribution is 2.13. The summed E-state index contributed by atoms with van der Waals surface area (Å²) in [6.45, 7) is 0.456. The van der Waals surface area contributed by atoms with E-state index in [4.69, 9.17) is 4.74 Å². The third-order valence-corrected chi connectivity index (χ3v) is 2.63. The SMILES string of the molecule is COc1ccc(C(=O)N(C)Cc2ncc[nH]2)cc1. The predicted octanol–water partition coefficient (Wildman–Crippen LogP) is 1.69. The molecule has 5 heteroatoms. The zero-order valence-corrected chi connectivity index (χ0v) is 10.4. The molecule has 0 atom stereocenters. The van der Waals surface area contributed by atoms with Gasteiger partial charge in [-0.3, -0.25) is 4.79 Å². The van der Waals surface area contributed by atoms with Gasteiger partial charge in [-0.1, -0.05) is 0 Å². The number of carbonyl (C=O) groups is 1. The van der Waals surface area contributed by atoms with E-state index in [9.17, 15) is 4.79 Å². The molecule has 1 aromatic carbocycles. The molecule has 1 amide bonds. The van der Waals surface area contributed by atoms with Crippen LogP contribution in [0.25, 0.3) is 0 Å². The Bertz CT molecular complexity index is 506. The minimum Gasteiger partial charge on any atom is -0.497 e. The van der Waals surface area contributed by atoms with Crippen LogP contribution in [0.15, 0.2) is 36.7 Å². The molecule has 18 heavy (non-hydrogen) atoms. The first-order valence-corrected chi connectivity index (χ1v) is 5.58. The zero-order chi connectivity index (χ0) is 13.0. The second-order valence-corrected chi connectivity index (χ2v) is 3.93. The minimum atomic E-state index is -0.0472. The highest BCUT2D eigenvalue weighted by molar-refractivity contribution is 5.94. The van der Waals surface area contributed by atoms with Gasteiger partial charge in [-0.15, -0.1) is 0 Å². The number of methoxy groups -OCH3 is 1. The summed E-state index contributed by atoms with van der Waals surface area (Å²) in [5, 5.41) is 0. The summed E-state index contributed by atoms with van der Waals surface area (Å²) in [5.41, 5.74) is 0.629. The molecule has 2 aromatic rings. The van der Waals surface area contributed by atoms with Crippen LogP contribution >= 0.6 is 0 Å². The van der Waals surface area contributed by atoms with Crippen LogP contribution in [0.2, 0.25) is 0 Å². The van der Waals surface area contributed by atoms with Crippen molar-refractivity contribution in [3.05, 3.63) is 48.0 Å². The van der Waals surface area contributed by atoms with Gasteiger partial charge in [-0.05, 0) is 24.3 Å². The summed E-state index contributed by atoms with van der Waals surface area (Å²) in [6, 6.07) is 7.04. The van der Waals surface area contributed by atoms with Crippen molar-refractivity contribution in [2.45, 2.75) is 6.54 Å². The Labute approximate surface area is 105 Å². The third-order valence-electron chi connectivity index (χ3n) is 2.63. The average Bonchev–Trinajstić information content (AvgIpc) is 2.91. The highest BCUT2D eigenvalue weighted by Gasteiger charge is 2.12. The van der Waals surface area contributed by atoms with Gasteiger partial charge < -0.3 is 14.6 Å². The van der Waals surface area contributed by atoms with Crippen molar-refractivity contribution < 1.29 is 9.53 Å². The van der Waals surface area contributed by atoms with Crippen molar-refractivity contribution in [1.29, 1.82) is 0 Å². The fourth-order valence-electron chi connectivity index (χ4n) is 1.63. The number of carbonyl (C=O) groups excluding carboxylic acids is 1. The molecule has 0 fully saturated rings. The van der Waals surface area contributed by atoms with Gasteiger partial charge in [0, 0.05) is 25.0 Å². The summed E-state index contributed by atoms with van der Waals surface area (Å²) in [4.78, 5) is 20.8. The average molecular weight is 245 g/mol. The molecule has 0 aliphatic carbocycles. The van der Waals surface area contributed by atoms with E-state index < -0.39 is 0 Å². The number of nitrogens with zero attached hydrogens (tertiary/aromatic N) is 2. The zero-order valence-electron chi connectivity index (χ0n) is 10.4. The summed E-state index contributed by atoms with van der Waals surface area (Å²) in [5.74, 6) is 1.45. The second-order valence-electron chi connectivity index (χ2n) is 3.93. The van der Waals surface area contributed by atoms with E-state index in [2.05, 4.69) is 9.97 Å². The van der Waals surface area contributed by atoms with Crippen molar-refractivity contribution in [3.8, 4) is 5.75 Å². The second kappa shape index (κ2) is 5.35. The quantitative estimate of drug-likeness (QED) is 0.891. The molecule has 0 radical (unpaired) electrons. The van der Waals surface area contributed by atoms with E-state index in [-0.39, 0.29) is 5.91 Å². The van der Waals surface area contributed by atoms with Gasteiger partial charge in [0.1, 0.15) is 11.6 Å². The monoisotopic (exact) mass is 245 g/mol. The van der Waals surface area contributed by atoms with Crippen molar-refractivity contribution in [1.82, 2.24) is 14.9 Å². The van der Waals surface area contributed by atoms with Crippen LogP contribution in [0.5, 0.6) is 5.75 Å². The molecule has 0 aliphatic heterocycles. The molecule has 0 saturated carbocycles. The molecule has 1 heterocycles. The van der Waals surface area contributed by atoms with Gasteiger partial charge in [-0.25, -0.2) is 4.98 Å². The normalized spacial score (nSPS) is 10.1. The lowest BCUT2D eigenvalue weighted by Crippen LogP contribution is -2.26. The smallest absolute Gasteiger partial charge is 0.254 e. The van der Waals surface area contributed by atoms with Crippen LogP contribution in [0.3, 0.4) is 0 Å². The number of aromatic nitrogens is 2. The van der Waals surface area contributed by atoms with Crippen molar-refractivity contribution in [2.24, 2.45) is 0 Å². The Balaban J connectivity index is 2.05. The van der Waals surface area contributed by atoms with Gasteiger partial charge in [0.15, 0.2) is 0 Å². The number of rotatable bonds is 4. The van der Waals surface area contributed by atoms with Crippen LogP contribution in [0.4, 0.5) is 0 Å². The first-order chi connectivity index (χ1) is 8.70. The molecule has 0 aliphatic rings. The molecule has 1 N–H and O–H groups in total. The van der Waals surface area contributed by atoms with Gasteiger partial charge in [0.25, 0.3) is 5.91 Å². The van der Waals surface area contributed by atoms with Crippen LogP contribution in [0, 0.1) is 0 Å². The van der Waals surface area contributed by atoms with Gasteiger partial charge >= 0.3 is 0 Å². The molecule has 0 spiro atoms. The van der Waals surface area contributed by atoms with E-state index in [1.54, 1.807) is 55.7 Å². The Kier molecular flexibility index (Phi) is 3.62. The fourth-order valence-corrected chi connectivity index (χ4v) is 1.63. The largest absolute Gasteiger partial charge is 0.497 e. The molecule has 94 valence electrons. The van der Waals surface area contributed by atoms with Gasteiger partial charge in [0.05, 0.1) is 13.7 Å². The molecule has 2 rings (SSSR count). The lowest BCUT2D eigenvalue weighted by atomic mass is 10.2. The van der Waals surface area contributed by atoms with Crippen LogP contribution < -0.4 is 4.74 Å². The Morgan fingerprint density at radius 2 is 2.11 bits per heavy atom. The topological polar surface area (TPSA) is 58.2 Å². The summed E-state index contributed by atoms with van der Waals surface area (Å²) >= 11 is 0. The Morgan fingerprint density at radius 1 is 1.39 bits per heavy atom. The highest BCUT2D eigenvalue weighted by atomic mass is 16.5. The summed E-state index contributed by atoms with van der Waals surface area (Å²) < 4.78 is 5.05. The fraction of sp³-hybridized carbons (Fsp3) is 0.231. The summed E-state index contributed by atoms with van der Waals surface area (Å²) in [7, 11) is 3.34. The lowest BCUT2D eigenvalue weighted by molar-refractivity contribution is 0.0782. The van der Waals surface area contributed by atoms with Crippen molar-refractivity contribution in [2.75, 3.05) is 14.2 Å². The first kappa shape index (κ1) is 12.2. The van der Waals surface area contributed by atoms with Gasteiger partial charge in [-0.2, -0.15) is 0 Å². The maximum atomic E-state index is 12.1. The number of nitrogens with one attached hydrogen (secondary N) is 1. The third kappa shape index (κ3) is 2.68. The van der Waals surface area contributed by atoms with Crippen LogP contribution in [0.1, 0.15) is 16.2 Å². The number of aromatic amines is 1. The molecule has 0 unspecified atom stereocenters.